The maximum atomic E-state index is 13.0. The largest absolute Gasteiger partial charge is 0.416 e. The van der Waals surface area contributed by atoms with E-state index in [9.17, 15) is 18.0 Å². The molecule has 1 aliphatic heterocycles. The lowest BCUT2D eigenvalue weighted by Crippen LogP contribution is -2.30. The molecule has 0 saturated heterocycles. The standard InChI is InChI=1S/C17H14F3N3OS/c18-17(19,20)12-4-3-11-2-1-5-22(14(11)8-12)10-13-9-15(24)23-6-7-25-16(23)21-13/h3-4,6-9H,1-2,5,10H2. The zero-order chi connectivity index (χ0) is 17.6. The lowest BCUT2D eigenvalue weighted by Gasteiger charge is -2.31. The molecule has 0 amide bonds. The molecule has 0 aliphatic carbocycles. The predicted octanol–water partition coefficient (Wildman–Crippen LogP) is 3.73. The molecular formula is C17H14F3N3OS. The van der Waals surface area contributed by atoms with E-state index in [1.165, 1.54) is 27.9 Å². The van der Waals surface area contributed by atoms with E-state index in [-0.39, 0.29) is 5.56 Å². The van der Waals surface area contributed by atoms with Crippen molar-refractivity contribution in [3.63, 3.8) is 0 Å². The Morgan fingerprint density at radius 3 is 2.88 bits per heavy atom. The summed E-state index contributed by atoms with van der Waals surface area (Å²) < 4.78 is 40.5. The normalized spacial score (nSPS) is 14.8. The molecular weight excluding hydrogens is 351 g/mol. The number of alkyl halides is 3. The van der Waals surface area contributed by atoms with Crippen molar-refractivity contribution < 1.29 is 13.2 Å². The number of benzene rings is 1. The molecule has 3 aromatic rings. The Morgan fingerprint density at radius 2 is 2.08 bits per heavy atom. The molecule has 4 nitrogen and oxygen atoms in total. The molecule has 0 spiro atoms. The van der Waals surface area contributed by atoms with Crippen molar-refractivity contribution in [3.8, 4) is 0 Å². The Balaban J connectivity index is 1.71. The monoisotopic (exact) mass is 365 g/mol. The Morgan fingerprint density at radius 1 is 1.24 bits per heavy atom. The number of fused-ring (bicyclic) bond motifs is 2. The summed E-state index contributed by atoms with van der Waals surface area (Å²) in [5.41, 5.74) is 1.21. The Bertz CT molecular complexity index is 993. The van der Waals surface area contributed by atoms with Gasteiger partial charge in [0.1, 0.15) is 0 Å². The fourth-order valence-electron chi connectivity index (χ4n) is 3.16. The zero-order valence-electron chi connectivity index (χ0n) is 13.1. The molecule has 25 heavy (non-hydrogen) atoms. The van der Waals surface area contributed by atoms with Gasteiger partial charge in [0.25, 0.3) is 5.56 Å². The predicted molar refractivity (Wildman–Crippen MR) is 90.2 cm³/mol. The van der Waals surface area contributed by atoms with Gasteiger partial charge in [0.05, 0.1) is 17.8 Å². The van der Waals surface area contributed by atoms with Crippen LogP contribution in [0, 0.1) is 0 Å². The van der Waals surface area contributed by atoms with Crippen molar-refractivity contribution in [1.29, 1.82) is 0 Å². The second-order valence-electron chi connectivity index (χ2n) is 6.01. The van der Waals surface area contributed by atoms with E-state index < -0.39 is 11.7 Å². The molecule has 4 rings (SSSR count). The Hall–Kier alpha value is -2.35. The molecule has 2 aromatic heterocycles. The average molecular weight is 365 g/mol. The summed E-state index contributed by atoms with van der Waals surface area (Å²) >= 11 is 1.35. The van der Waals surface area contributed by atoms with Gasteiger partial charge in [0, 0.05) is 29.9 Å². The summed E-state index contributed by atoms with van der Waals surface area (Å²) in [5.74, 6) is 0. The van der Waals surface area contributed by atoms with E-state index in [4.69, 9.17) is 0 Å². The Kier molecular flexibility index (Phi) is 3.79. The minimum absolute atomic E-state index is 0.178. The van der Waals surface area contributed by atoms with Crippen LogP contribution < -0.4 is 10.5 Å². The van der Waals surface area contributed by atoms with Gasteiger partial charge in [0.15, 0.2) is 4.96 Å². The van der Waals surface area contributed by atoms with E-state index in [0.29, 0.717) is 29.4 Å². The number of anilines is 1. The van der Waals surface area contributed by atoms with Gasteiger partial charge >= 0.3 is 6.18 Å². The maximum Gasteiger partial charge on any atom is 0.416 e. The first kappa shape index (κ1) is 16.1. The van der Waals surface area contributed by atoms with E-state index in [2.05, 4.69) is 4.98 Å². The second kappa shape index (κ2) is 5.87. The number of hydrogen-bond donors (Lipinski definition) is 0. The molecule has 8 heteroatoms. The lowest BCUT2D eigenvalue weighted by atomic mass is 9.99. The quantitative estimate of drug-likeness (QED) is 0.695. The van der Waals surface area contributed by atoms with Crippen LogP contribution in [-0.2, 0) is 19.1 Å². The summed E-state index contributed by atoms with van der Waals surface area (Å²) in [6.45, 7) is 0.956. The van der Waals surface area contributed by atoms with Gasteiger partial charge in [-0.15, -0.1) is 11.3 Å². The minimum atomic E-state index is -4.37. The first-order valence-corrected chi connectivity index (χ1v) is 8.71. The molecule has 0 bridgehead atoms. The van der Waals surface area contributed by atoms with Gasteiger partial charge in [-0.1, -0.05) is 6.07 Å². The second-order valence-corrected chi connectivity index (χ2v) is 6.88. The third-order valence-electron chi connectivity index (χ3n) is 4.34. The fourth-order valence-corrected chi connectivity index (χ4v) is 3.89. The Labute approximate surface area is 145 Å². The van der Waals surface area contributed by atoms with Crippen molar-refractivity contribution in [2.75, 3.05) is 11.4 Å². The third kappa shape index (κ3) is 3.02. The summed E-state index contributed by atoms with van der Waals surface area (Å²) in [6.07, 6.45) is -1.10. The molecule has 0 fully saturated rings. The number of aryl methyl sites for hydroxylation is 1. The van der Waals surface area contributed by atoms with Crippen LogP contribution in [0.15, 0.2) is 40.6 Å². The molecule has 130 valence electrons. The summed E-state index contributed by atoms with van der Waals surface area (Å²) in [6, 6.07) is 5.33. The van der Waals surface area contributed by atoms with Crippen molar-refractivity contribution in [3.05, 3.63) is 63.0 Å². The lowest BCUT2D eigenvalue weighted by molar-refractivity contribution is -0.137. The number of hydrogen-bond acceptors (Lipinski definition) is 4. The van der Waals surface area contributed by atoms with Crippen LogP contribution in [0.4, 0.5) is 18.9 Å². The smallest absolute Gasteiger partial charge is 0.365 e. The number of thiazole rings is 1. The van der Waals surface area contributed by atoms with E-state index in [0.717, 1.165) is 24.5 Å². The van der Waals surface area contributed by atoms with Gasteiger partial charge in [-0.25, -0.2) is 4.98 Å². The van der Waals surface area contributed by atoms with Crippen LogP contribution in [0.2, 0.25) is 0 Å². The van der Waals surface area contributed by atoms with Gasteiger partial charge in [-0.3, -0.25) is 9.20 Å². The molecule has 0 radical (unpaired) electrons. The molecule has 0 unspecified atom stereocenters. The highest BCUT2D eigenvalue weighted by atomic mass is 32.1. The number of aromatic nitrogens is 2. The number of rotatable bonds is 2. The van der Waals surface area contributed by atoms with Gasteiger partial charge in [0.2, 0.25) is 0 Å². The van der Waals surface area contributed by atoms with Gasteiger partial charge in [-0.05, 0) is 30.5 Å². The molecule has 1 aliphatic rings. The van der Waals surface area contributed by atoms with Gasteiger partial charge in [-0.2, -0.15) is 13.2 Å². The van der Waals surface area contributed by atoms with Crippen LogP contribution >= 0.6 is 11.3 Å². The van der Waals surface area contributed by atoms with Crippen molar-refractivity contribution >= 4 is 22.0 Å². The minimum Gasteiger partial charge on any atom is -0.365 e. The van der Waals surface area contributed by atoms with E-state index >= 15 is 0 Å². The number of halogens is 3. The SMILES string of the molecule is O=c1cc(CN2CCCc3ccc(C(F)(F)F)cc32)nc2sccn12. The highest BCUT2D eigenvalue weighted by molar-refractivity contribution is 7.15. The van der Waals surface area contributed by atoms with Crippen molar-refractivity contribution in [2.24, 2.45) is 0 Å². The van der Waals surface area contributed by atoms with E-state index in [1.54, 1.807) is 17.6 Å². The number of nitrogens with zero attached hydrogens (tertiary/aromatic N) is 3. The van der Waals surface area contributed by atoms with Crippen molar-refractivity contribution in [1.82, 2.24) is 9.38 Å². The zero-order valence-corrected chi connectivity index (χ0v) is 13.9. The van der Waals surface area contributed by atoms with Crippen LogP contribution in [0.3, 0.4) is 0 Å². The first-order chi connectivity index (χ1) is 11.9. The molecule has 0 N–H and O–H groups in total. The highest BCUT2D eigenvalue weighted by Gasteiger charge is 2.32. The van der Waals surface area contributed by atoms with Crippen LogP contribution in [0.1, 0.15) is 23.2 Å². The molecule has 1 aromatic carbocycles. The van der Waals surface area contributed by atoms with Crippen LogP contribution in [0.5, 0.6) is 0 Å². The van der Waals surface area contributed by atoms with Gasteiger partial charge < -0.3 is 4.90 Å². The fraction of sp³-hybridized carbons (Fsp3) is 0.294. The molecule has 0 saturated carbocycles. The summed E-state index contributed by atoms with van der Waals surface area (Å²) in [7, 11) is 0. The average Bonchev–Trinajstić information content (AvgIpc) is 3.03. The first-order valence-electron chi connectivity index (χ1n) is 7.83. The van der Waals surface area contributed by atoms with Crippen molar-refractivity contribution in [2.45, 2.75) is 25.6 Å². The summed E-state index contributed by atoms with van der Waals surface area (Å²) in [5, 5.41) is 1.78. The maximum absolute atomic E-state index is 13.0. The van der Waals surface area contributed by atoms with Crippen LogP contribution in [0.25, 0.3) is 4.96 Å². The molecule has 3 heterocycles. The summed E-state index contributed by atoms with van der Waals surface area (Å²) in [4.78, 5) is 19.0. The van der Waals surface area contributed by atoms with E-state index in [1.807, 2.05) is 4.90 Å². The molecule has 0 atom stereocenters. The topological polar surface area (TPSA) is 37.6 Å². The van der Waals surface area contributed by atoms with Crippen LogP contribution in [-0.4, -0.2) is 15.9 Å². The highest BCUT2D eigenvalue weighted by Crippen LogP contribution is 2.36. The third-order valence-corrected chi connectivity index (χ3v) is 5.09.